The number of fused-ring (bicyclic) bond motifs is 1. The molecule has 1 heterocycles. The predicted molar refractivity (Wildman–Crippen MR) is 72.6 cm³/mol. The van der Waals surface area contributed by atoms with Crippen LogP contribution in [0.1, 0.15) is 25.3 Å². The Morgan fingerprint density at radius 1 is 1.25 bits per heavy atom. The van der Waals surface area contributed by atoms with Gasteiger partial charge in [0, 0.05) is 10.3 Å². The largest absolute Gasteiger partial charge is 0.236 e. The number of benzene rings is 1. The Morgan fingerprint density at radius 2 is 2.00 bits per heavy atom. The molecule has 0 unspecified atom stereocenters. The van der Waals surface area contributed by atoms with Gasteiger partial charge in [0.1, 0.15) is 5.15 Å². The molecule has 0 saturated heterocycles. The number of thioether (sulfide) groups is 1. The second-order valence-electron chi connectivity index (χ2n) is 4.08. The molecule has 0 bridgehead atoms. The highest BCUT2D eigenvalue weighted by Crippen LogP contribution is 2.28. The molecule has 0 fully saturated rings. The lowest BCUT2D eigenvalue weighted by molar-refractivity contribution is 0.862. The molecule has 84 valence electrons. The van der Waals surface area contributed by atoms with Crippen LogP contribution in [0.25, 0.3) is 10.9 Å². The number of hydrogen-bond acceptors (Lipinski definition) is 2. The van der Waals surface area contributed by atoms with E-state index in [2.05, 4.69) is 49.4 Å². The fourth-order valence-electron chi connectivity index (χ4n) is 1.67. The van der Waals surface area contributed by atoms with Crippen LogP contribution in [-0.4, -0.2) is 11.2 Å². The van der Waals surface area contributed by atoms with Gasteiger partial charge in [0.05, 0.1) is 5.52 Å². The Kier molecular flexibility index (Phi) is 3.41. The third-order valence-electron chi connectivity index (χ3n) is 2.63. The van der Waals surface area contributed by atoms with Crippen LogP contribution < -0.4 is 0 Å². The Balaban J connectivity index is 2.64. The number of aromatic nitrogens is 1. The molecular weight excluding hydrogens is 238 g/mol. The van der Waals surface area contributed by atoms with Crippen LogP contribution in [0.5, 0.6) is 0 Å². The van der Waals surface area contributed by atoms with Gasteiger partial charge in [-0.3, -0.25) is 0 Å². The summed E-state index contributed by atoms with van der Waals surface area (Å²) >= 11 is 7.89. The summed E-state index contributed by atoms with van der Waals surface area (Å²) in [5.41, 5.74) is 2.09. The molecule has 0 aliphatic heterocycles. The van der Waals surface area contributed by atoms with E-state index in [4.69, 9.17) is 11.6 Å². The number of hydrogen-bond donors (Lipinski definition) is 0. The van der Waals surface area contributed by atoms with Crippen molar-refractivity contribution in [3.63, 3.8) is 0 Å². The zero-order valence-corrected chi connectivity index (χ0v) is 11.2. The highest BCUT2D eigenvalue weighted by Gasteiger charge is 2.08. The summed E-state index contributed by atoms with van der Waals surface area (Å²) in [6.45, 7) is 4.26. The van der Waals surface area contributed by atoms with Crippen molar-refractivity contribution in [2.24, 2.45) is 0 Å². The number of halogens is 1. The highest BCUT2D eigenvalue weighted by atomic mass is 35.5. The Labute approximate surface area is 105 Å². The van der Waals surface area contributed by atoms with Crippen molar-refractivity contribution in [2.75, 3.05) is 6.26 Å². The average Bonchev–Trinajstić information content (AvgIpc) is 2.27. The first-order chi connectivity index (χ1) is 7.61. The molecule has 0 radical (unpaired) electrons. The van der Waals surface area contributed by atoms with Gasteiger partial charge < -0.3 is 0 Å². The maximum atomic E-state index is 6.18. The second kappa shape index (κ2) is 4.64. The Bertz CT molecular complexity index is 523. The van der Waals surface area contributed by atoms with Gasteiger partial charge in [-0.15, -0.1) is 11.8 Å². The van der Waals surface area contributed by atoms with Gasteiger partial charge in [-0.25, -0.2) is 4.98 Å². The van der Waals surface area contributed by atoms with Gasteiger partial charge in [-0.1, -0.05) is 31.5 Å². The van der Waals surface area contributed by atoms with E-state index >= 15 is 0 Å². The van der Waals surface area contributed by atoms with Crippen LogP contribution in [0.4, 0.5) is 0 Å². The van der Waals surface area contributed by atoms with E-state index in [1.54, 1.807) is 11.8 Å². The zero-order valence-electron chi connectivity index (χ0n) is 9.62. The summed E-state index contributed by atoms with van der Waals surface area (Å²) in [5.74, 6) is 0.407. The number of rotatable bonds is 2. The fourth-order valence-corrected chi connectivity index (χ4v) is 2.47. The molecular formula is C13H14ClNS. The molecule has 2 aromatic rings. The van der Waals surface area contributed by atoms with Crippen molar-refractivity contribution < 1.29 is 0 Å². The van der Waals surface area contributed by atoms with Gasteiger partial charge >= 0.3 is 0 Å². The van der Waals surface area contributed by atoms with Crippen LogP contribution in [0.2, 0.25) is 5.15 Å². The van der Waals surface area contributed by atoms with Crippen molar-refractivity contribution >= 4 is 34.3 Å². The lowest BCUT2D eigenvalue weighted by Crippen LogP contribution is -1.92. The van der Waals surface area contributed by atoms with E-state index in [1.807, 2.05) is 0 Å². The SMILES string of the molecule is CSc1ccc2cc(C(C)C)c(Cl)nc2c1. The summed E-state index contributed by atoms with van der Waals surface area (Å²) in [6.07, 6.45) is 2.06. The first-order valence-electron chi connectivity index (χ1n) is 5.26. The average molecular weight is 252 g/mol. The molecule has 0 saturated carbocycles. The maximum absolute atomic E-state index is 6.18. The molecule has 0 aliphatic carbocycles. The second-order valence-corrected chi connectivity index (χ2v) is 5.32. The minimum Gasteiger partial charge on any atom is -0.236 e. The van der Waals surface area contributed by atoms with Crippen molar-refractivity contribution in [1.29, 1.82) is 0 Å². The first-order valence-corrected chi connectivity index (χ1v) is 6.86. The molecule has 16 heavy (non-hydrogen) atoms. The number of pyridine rings is 1. The molecule has 0 N–H and O–H groups in total. The minimum absolute atomic E-state index is 0.407. The van der Waals surface area contributed by atoms with Gasteiger partial charge in [0.25, 0.3) is 0 Å². The molecule has 0 aliphatic rings. The normalized spacial score (nSPS) is 11.3. The van der Waals surface area contributed by atoms with Gasteiger partial charge in [-0.05, 0) is 35.9 Å². The van der Waals surface area contributed by atoms with E-state index in [1.165, 1.54) is 4.90 Å². The Morgan fingerprint density at radius 3 is 2.62 bits per heavy atom. The summed E-state index contributed by atoms with van der Waals surface area (Å²) < 4.78 is 0. The molecule has 1 aromatic heterocycles. The van der Waals surface area contributed by atoms with Crippen LogP contribution in [0.15, 0.2) is 29.2 Å². The Hall–Kier alpha value is -0.730. The summed E-state index contributed by atoms with van der Waals surface area (Å²) in [5, 5.41) is 1.78. The summed E-state index contributed by atoms with van der Waals surface area (Å²) in [6, 6.07) is 8.44. The number of nitrogens with zero attached hydrogens (tertiary/aromatic N) is 1. The van der Waals surface area contributed by atoms with Gasteiger partial charge in [0.2, 0.25) is 0 Å². The summed E-state index contributed by atoms with van der Waals surface area (Å²) in [4.78, 5) is 5.67. The van der Waals surface area contributed by atoms with E-state index in [0.29, 0.717) is 11.1 Å². The van der Waals surface area contributed by atoms with Crippen LogP contribution in [-0.2, 0) is 0 Å². The third-order valence-corrected chi connectivity index (χ3v) is 3.66. The maximum Gasteiger partial charge on any atom is 0.133 e. The van der Waals surface area contributed by atoms with Crippen LogP contribution >= 0.6 is 23.4 Å². The van der Waals surface area contributed by atoms with Crippen molar-refractivity contribution in [3.8, 4) is 0 Å². The predicted octanol–water partition coefficient (Wildman–Crippen LogP) is 4.73. The molecule has 1 nitrogen and oxygen atoms in total. The first kappa shape index (κ1) is 11.7. The lowest BCUT2D eigenvalue weighted by atomic mass is 10.0. The molecule has 0 atom stereocenters. The van der Waals surface area contributed by atoms with E-state index in [9.17, 15) is 0 Å². The topological polar surface area (TPSA) is 12.9 Å². The van der Waals surface area contributed by atoms with E-state index in [-0.39, 0.29) is 0 Å². The van der Waals surface area contributed by atoms with Crippen molar-refractivity contribution in [3.05, 3.63) is 35.0 Å². The standard InChI is InChI=1S/C13H14ClNS/c1-8(2)11-6-9-4-5-10(16-3)7-12(9)15-13(11)14/h4-8H,1-3H3. The van der Waals surface area contributed by atoms with Gasteiger partial charge in [0.15, 0.2) is 0 Å². The lowest BCUT2D eigenvalue weighted by Gasteiger charge is -2.09. The monoisotopic (exact) mass is 251 g/mol. The van der Waals surface area contributed by atoms with Crippen LogP contribution in [0, 0.1) is 0 Å². The van der Waals surface area contributed by atoms with Crippen molar-refractivity contribution in [1.82, 2.24) is 4.98 Å². The third kappa shape index (κ3) is 2.18. The molecule has 3 heteroatoms. The zero-order chi connectivity index (χ0) is 11.7. The molecule has 0 amide bonds. The summed E-state index contributed by atoms with van der Waals surface area (Å²) in [7, 11) is 0. The molecule has 0 spiro atoms. The quantitative estimate of drug-likeness (QED) is 0.565. The minimum atomic E-state index is 0.407. The molecule has 1 aromatic carbocycles. The van der Waals surface area contributed by atoms with E-state index in [0.717, 1.165) is 16.5 Å². The smallest absolute Gasteiger partial charge is 0.133 e. The van der Waals surface area contributed by atoms with Crippen molar-refractivity contribution in [2.45, 2.75) is 24.7 Å². The highest BCUT2D eigenvalue weighted by molar-refractivity contribution is 7.98. The van der Waals surface area contributed by atoms with E-state index < -0.39 is 0 Å². The fraction of sp³-hybridized carbons (Fsp3) is 0.308. The molecule has 2 rings (SSSR count). The van der Waals surface area contributed by atoms with Gasteiger partial charge in [-0.2, -0.15) is 0 Å². The van der Waals surface area contributed by atoms with Crippen LogP contribution in [0.3, 0.4) is 0 Å².